The molecule has 3 aromatic rings. The fraction of sp³-hybridized carbons (Fsp3) is 0.211. The van der Waals surface area contributed by atoms with Crippen LogP contribution in [0.3, 0.4) is 0 Å². The third-order valence-corrected chi connectivity index (χ3v) is 4.48. The van der Waals surface area contributed by atoms with Gasteiger partial charge in [-0.25, -0.2) is 18.4 Å². The average Bonchev–Trinajstić information content (AvgIpc) is 3.32. The first kappa shape index (κ1) is 16.4. The summed E-state index contributed by atoms with van der Waals surface area (Å²) in [4.78, 5) is 16.4. The zero-order valence-electron chi connectivity index (χ0n) is 13.8. The fourth-order valence-electron chi connectivity index (χ4n) is 2.98. The number of aromatic nitrogens is 3. The van der Waals surface area contributed by atoms with Crippen LogP contribution in [0.4, 0.5) is 8.78 Å². The minimum atomic E-state index is -0.885. The van der Waals surface area contributed by atoms with Gasteiger partial charge in [-0.15, -0.1) is 5.10 Å². The lowest BCUT2D eigenvalue weighted by Gasteiger charge is -2.03. The summed E-state index contributed by atoms with van der Waals surface area (Å²) in [6, 6.07) is 13.3. The standard InChI is InChI=1S/C19H16F2N4O/c20-16-7-6-12(8-17(16)21)14-9-15(14)19(26)22-10-18-23-11-25(24-18)13-4-2-1-3-5-13/h1-8,11,14-15H,9-10H2,(H,22,26)/t14-,15+/m0/s1. The van der Waals surface area contributed by atoms with Gasteiger partial charge in [0.1, 0.15) is 6.33 Å². The smallest absolute Gasteiger partial charge is 0.224 e. The van der Waals surface area contributed by atoms with Gasteiger partial charge in [0, 0.05) is 5.92 Å². The normalized spacial score (nSPS) is 18.5. The highest BCUT2D eigenvalue weighted by Crippen LogP contribution is 2.47. The molecule has 5 nitrogen and oxygen atoms in total. The van der Waals surface area contributed by atoms with E-state index in [4.69, 9.17) is 0 Å². The highest BCUT2D eigenvalue weighted by Gasteiger charge is 2.44. The number of benzene rings is 2. The van der Waals surface area contributed by atoms with Crippen LogP contribution in [-0.4, -0.2) is 20.7 Å². The number of amides is 1. The lowest BCUT2D eigenvalue weighted by atomic mass is 10.1. The highest BCUT2D eigenvalue weighted by molar-refractivity contribution is 5.82. The van der Waals surface area contributed by atoms with E-state index in [2.05, 4.69) is 15.4 Å². The molecule has 1 aromatic heterocycles. The van der Waals surface area contributed by atoms with E-state index < -0.39 is 11.6 Å². The van der Waals surface area contributed by atoms with E-state index in [0.717, 1.165) is 17.8 Å². The van der Waals surface area contributed by atoms with Gasteiger partial charge in [0.25, 0.3) is 0 Å². The molecule has 1 fully saturated rings. The number of carbonyl (C=O) groups is 1. The number of hydrogen-bond donors (Lipinski definition) is 1. The zero-order valence-corrected chi connectivity index (χ0v) is 13.8. The third-order valence-electron chi connectivity index (χ3n) is 4.48. The molecule has 0 bridgehead atoms. The maximum Gasteiger partial charge on any atom is 0.224 e. The number of para-hydroxylation sites is 1. The predicted octanol–water partition coefficient (Wildman–Crippen LogP) is 2.97. The van der Waals surface area contributed by atoms with E-state index in [1.54, 1.807) is 11.0 Å². The van der Waals surface area contributed by atoms with Crippen LogP contribution in [0.5, 0.6) is 0 Å². The van der Waals surface area contributed by atoms with Crippen LogP contribution in [0.2, 0.25) is 0 Å². The van der Waals surface area contributed by atoms with Crippen molar-refractivity contribution in [1.29, 1.82) is 0 Å². The lowest BCUT2D eigenvalue weighted by molar-refractivity contribution is -0.122. The Balaban J connectivity index is 1.34. The van der Waals surface area contributed by atoms with Crippen molar-refractivity contribution in [3.05, 3.63) is 77.9 Å². The Bertz CT molecular complexity index is 942. The number of hydrogen-bond acceptors (Lipinski definition) is 3. The van der Waals surface area contributed by atoms with Crippen LogP contribution < -0.4 is 5.32 Å². The molecule has 7 heteroatoms. The summed E-state index contributed by atoms with van der Waals surface area (Å²) in [6.45, 7) is 0.222. The largest absolute Gasteiger partial charge is 0.348 e. The monoisotopic (exact) mass is 354 g/mol. The Morgan fingerprint density at radius 1 is 1.15 bits per heavy atom. The molecular weight excluding hydrogens is 338 g/mol. The van der Waals surface area contributed by atoms with Gasteiger partial charge in [-0.2, -0.15) is 0 Å². The van der Waals surface area contributed by atoms with Crippen LogP contribution in [0.15, 0.2) is 54.9 Å². The minimum Gasteiger partial charge on any atom is -0.348 e. The van der Waals surface area contributed by atoms with Gasteiger partial charge in [-0.3, -0.25) is 4.79 Å². The predicted molar refractivity (Wildman–Crippen MR) is 90.4 cm³/mol. The van der Waals surface area contributed by atoms with Crippen molar-refractivity contribution in [3.63, 3.8) is 0 Å². The van der Waals surface area contributed by atoms with Crippen molar-refractivity contribution in [2.45, 2.75) is 18.9 Å². The summed E-state index contributed by atoms with van der Waals surface area (Å²) < 4.78 is 28.0. The van der Waals surface area contributed by atoms with Gasteiger partial charge >= 0.3 is 0 Å². The summed E-state index contributed by atoms with van der Waals surface area (Å²) >= 11 is 0. The molecule has 0 unspecified atom stereocenters. The molecule has 26 heavy (non-hydrogen) atoms. The number of rotatable bonds is 5. The van der Waals surface area contributed by atoms with E-state index in [1.807, 2.05) is 30.3 Å². The Hall–Kier alpha value is -3.09. The fourth-order valence-corrected chi connectivity index (χ4v) is 2.98. The number of nitrogens with one attached hydrogen (secondary N) is 1. The Labute approximate surface area is 148 Å². The molecule has 0 aliphatic heterocycles. The van der Waals surface area contributed by atoms with Crippen molar-refractivity contribution in [2.75, 3.05) is 0 Å². The second kappa shape index (κ2) is 6.67. The first-order valence-electron chi connectivity index (χ1n) is 8.30. The molecule has 1 aliphatic carbocycles. The minimum absolute atomic E-state index is 0.0695. The molecule has 0 spiro atoms. The summed E-state index contributed by atoms with van der Waals surface area (Å²) in [5.41, 5.74) is 1.54. The van der Waals surface area contributed by atoms with Gasteiger partial charge in [0.15, 0.2) is 17.5 Å². The molecule has 132 valence electrons. The summed E-state index contributed by atoms with van der Waals surface area (Å²) in [5, 5.41) is 7.14. The molecule has 2 atom stereocenters. The van der Waals surface area contributed by atoms with Crippen molar-refractivity contribution >= 4 is 5.91 Å². The van der Waals surface area contributed by atoms with Crippen molar-refractivity contribution in [1.82, 2.24) is 20.1 Å². The highest BCUT2D eigenvalue weighted by atomic mass is 19.2. The molecule has 1 amide bonds. The van der Waals surface area contributed by atoms with Gasteiger partial charge < -0.3 is 5.32 Å². The van der Waals surface area contributed by atoms with E-state index in [9.17, 15) is 13.6 Å². The van der Waals surface area contributed by atoms with Crippen molar-refractivity contribution in [2.24, 2.45) is 5.92 Å². The van der Waals surface area contributed by atoms with Crippen LogP contribution >= 0.6 is 0 Å². The first-order chi connectivity index (χ1) is 12.6. The van der Waals surface area contributed by atoms with E-state index >= 15 is 0 Å². The average molecular weight is 354 g/mol. The molecule has 1 saturated carbocycles. The third kappa shape index (κ3) is 3.33. The summed E-state index contributed by atoms with van der Waals surface area (Å²) in [7, 11) is 0. The number of nitrogens with zero attached hydrogens (tertiary/aromatic N) is 3. The molecule has 0 saturated heterocycles. The van der Waals surface area contributed by atoms with Crippen molar-refractivity contribution < 1.29 is 13.6 Å². The SMILES string of the molecule is O=C(NCc1ncn(-c2ccccc2)n1)[C@@H]1C[C@H]1c1ccc(F)c(F)c1. The van der Waals surface area contributed by atoms with Crippen LogP contribution in [0, 0.1) is 17.6 Å². The van der Waals surface area contributed by atoms with E-state index in [1.165, 1.54) is 6.07 Å². The van der Waals surface area contributed by atoms with E-state index in [-0.39, 0.29) is 24.3 Å². The van der Waals surface area contributed by atoms with Crippen LogP contribution in [-0.2, 0) is 11.3 Å². The number of carbonyl (C=O) groups excluding carboxylic acids is 1. The van der Waals surface area contributed by atoms with Crippen molar-refractivity contribution in [3.8, 4) is 5.69 Å². The second-order valence-electron chi connectivity index (χ2n) is 6.28. The zero-order chi connectivity index (χ0) is 18.1. The Morgan fingerprint density at radius 2 is 1.96 bits per heavy atom. The molecule has 1 heterocycles. The molecule has 4 rings (SSSR count). The first-order valence-corrected chi connectivity index (χ1v) is 8.30. The summed E-state index contributed by atoms with van der Waals surface area (Å²) in [5.74, 6) is -1.68. The van der Waals surface area contributed by atoms with Crippen LogP contribution in [0.1, 0.15) is 23.7 Å². The van der Waals surface area contributed by atoms with Crippen LogP contribution in [0.25, 0.3) is 5.69 Å². The van der Waals surface area contributed by atoms with E-state index in [0.29, 0.717) is 17.8 Å². The molecule has 1 aliphatic rings. The van der Waals surface area contributed by atoms with Gasteiger partial charge in [0.2, 0.25) is 5.91 Å². The topological polar surface area (TPSA) is 59.8 Å². The molecule has 2 aromatic carbocycles. The maximum absolute atomic E-state index is 13.3. The van der Waals surface area contributed by atoms with Gasteiger partial charge in [-0.1, -0.05) is 24.3 Å². The lowest BCUT2D eigenvalue weighted by Crippen LogP contribution is -2.25. The van der Waals surface area contributed by atoms with Gasteiger partial charge in [0.05, 0.1) is 12.2 Å². The molecule has 1 N–H and O–H groups in total. The quantitative estimate of drug-likeness (QED) is 0.766. The van der Waals surface area contributed by atoms with Gasteiger partial charge in [-0.05, 0) is 42.2 Å². The Morgan fingerprint density at radius 3 is 2.73 bits per heavy atom. The molecule has 0 radical (unpaired) electrons. The molecular formula is C19H16F2N4O. The Kier molecular flexibility index (Phi) is 4.20. The summed E-state index contributed by atoms with van der Waals surface area (Å²) in [6.07, 6.45) is 2.22. The second-order valence-corrected chi connectivity index (χ2v) is 6.28. The number of halogens is 2. The maximum atomic E-state index is 13.3.